The fourth-order valence-electron chi connectivity index (χ4n) is 3.20. The summed E-state index contributed by atoms with van der Waals surface area (Å²) in [4.78, 5) is 11.8. The van der Waals surface area contributed by atoms with Gasteiger partial charge in [-0.3, -0.25) is 9.80 Å². The first-order valence-electron chi connectivity index (χ1n) is 8.49. The lowest BCUT2D eigenvalue weighted by atomic mass is 10.00. The number of thioether (sulfide) groups is 1. The second kappa shape index (κ2) is 8.18. The molecule has 0 spiro atoms. The summed E-state index contributed by atoms with van der Waals surface area (Å²) in [6.45, 7) is -0.123. The van der Waals surface area contributed by atoms with Crippen LogP contribution in [0, 0.1) is 5.82 Å². The molecule has 3 rings (SSSR count). The summed E-state index contributed by atoms with van der Waals surface area (Å²) in [5.74, 6) is -0.763. The third-order valence-electron chi connectivity index (χ3n) is 4.40. The Balaban J connectivity index is 2.04. The van der Waals surface area contributed by atoms with Crippen LogP contribution in [0.2, 0.25) is 0 Å². The quantitative estimate of drug-likeness (QED) is 0.723. The van der Waals surface area contributed by atoms with Crippen molar-refractivity contribution in [1.29, 1.82) is 0 Å². The number of aliphatic hydroxyl groups is 1. The van der Waals surface area contributed by atoms with Crippen molar-refractivity contribution < 1.29 is 14.3 Å². The minimum Gasteiger partial charge on any atom is -0.386 e. The van der Waals surface area contributed by atoms with Crippen LogP contribution in [0.3, 0.4) is 0 Å². The second-order valence-corrected chi connectivity index (χ2v) is 7.49. The van der Waals surface area contributed by atoms with Crippen molar-refractivity contribution in [1.82, 2.24) is 10.4 Å². The van der Waals surface area contributed by atoms with Crippen molar-refractivity contribution in [3.05, 3.63) is 71.5 Å². The van der Waals surface area contributed by atoms with E-state index in [2.05, 4.69) is 5.43 Å². The van der Waals surface area contributed by atoms with Gasteiger partial charge in [0.1, 0.15) is 17.3 Å². The number of nitrogens with one attached hydrogen (secondary N) is 1. The molecule has 7 heteroatoms. The van der Waals surface area contributed by atoms with E-state index in [0.717, 1.165) is 11.1 Å². The van der Waals surface area contributed by atoms with Crippen LogP contribution in [0.4, 0.5) is 4.39 Å². The van der Waals surface area contributed by atoms with Gasteiger partial charge in [-0.25, -0.2) is 9.82 Å². The Morgan fingerprint density at radius 2 is 2.04 bits per heavy atom. The summed E-state index contributed by atoms with van der Waals surface area (Å²) < 4.78 is 13.7. The maximum Gasteiger partial charge on any atom is 0.264 e. The van der Waals surface area contributed by atoms with Crippen LogP contribution >= 0.6 is 11.8 Å². The van der Waals surface area contributed by atoms with Crippen LogP contribution < -0.4 is 11.2 Å². The van der Waals surface area contributed by atoms with Gasteiger partial charge < -0.3 is 10.8 Å². The third kappa shape index (κ3) is 3.61. The van der Waals surface area contributed by atoms with Crippen molar-refractivity contribution in [3.8, 4) is 0 Å². The van der Waals surface area contributed by atoms with Crippen molar-refractivity contribution in [3.63, 3.8) is 0 Å². The highest BCUT2D eigenvalue weighted by Gasteiger charge is 2.49. The number of rotatable bonds is 6. The molecule has 4 N–H and O–H groups in total. The lowest BCUT2D eigenvalue weighted by Gasteiger charge is -2.36. The van der Waals surface area contributed by atoms with E-state index in [4.69, 9.17) is 5.73 Å². The third-order valence-corrected chi connectivity index (χ3v) is 6.03. The largest absolute Gasteiger partial charge is 0.386 e. The minimum absolute atomic E-state index is 0.320. The number of halogens is 1. The lowest BCUT2D eigenvalue weighted by molar-refractivity contribution is -0.141. The highest BCUT2D eigenvalue weighted by Crippen LogP contribution is 2.54. The minimum atomic E-state index is -0.725. The zero-order valence-electron chi connectivity index (χ0n) is 14.3. The molecule has 1 aliphatic rings. The number of hydrogen-bond acceptors (Lipinski definition) is 5. The average molecular weight is 375 g/mol. The van der Waals surface area contributed by atoms with Gasteiger partial charge in [0.25, 0.3) is 5.91 Å². The zero-order valence-corrected chi connectivity index (χ0v) is 15.1. The lowest BCUT2D eigenvalue weighted by Crippen LogP contribution is -2.50. The number of carbonyl (C=O) groups is 1. The molecular weight excluding hydrogens is 353 g/mol. The molecule has 138 valence electrons. The predicted molar refractivity (Wildman–Crippen MR) is 100 cm³/mol. The molecule has 2 aromatic carbocycles. The second-order valence-electron chi connectivity index (χ2n) is 6.11. The van der Waals surface area contributed by atoms with Gasteiger partial charge in [0.15, 0.2) is 0 Å². The number of hydrazine groups is 1. The van der Waals surface area contributed by atoms with Crippen LogP contribution in [-0.2, 0) is 9.67 Å². The molecule has 2 unspecified atom stereocenters. The van der Waals surface area contributed by atoms with E-state index in [-0.39, 0.29) is 11.2 Å². The van der Waals surface area contributed by atoms with Gasteiger partial charge in [-0.15, -0.1) is 11.8 Å². The molecule has 0 bridgehead atoms. The van der Waals surface area contributed by atoms with Gasteiger partial charge in [-0.05, 0) is 42.6 Å². The smallest absolute Gasteiger partial charge is 0.264 e. The SMILES string of the molecule is NCCCC1(c2ccccc2)SC(c2cccc(F)c2)NN1C(=O)CO. The van der Waals surface area contributed by atoms with Gasteiger partial charge in [-0.1, -0.05) is 42.5 Å². The number of amides is 1. The summed E-state index contributed by atoms with van der Waals surface area (Å²) in [6.07, 6.45) is 1.32. The molecule has 2 aromatic rings. The van der Waals surface area contributed by atoms with E-state index in [1.165, 1.54) is 28.9 Å². The summed E-state index contributed by atoms with van der Waals surface area (Å²) in [5.41, 5.74) is 10.6. The fourth-order valence-corrected chi connectivity index (χ4v) is 4.83. The first kappa shape index (κ1) is 18.8. The number of nitrogens with zero attached hydrogens (tertiary/aromatic N) is 1. The van der Waals surface area contributed by atoms with Crippen LogP contribution in [0.15, 0.2) is 54.6 Å². The predicted octanol–water partition coefficient (Wildman–Crippen LogP) is 2.49. The molecule has 1 heterocycles. The molecule has 0 radical (unpaired) electrons. The molecule has 1 fully saturated rings. The summed E-state index contributed by atoms with van der Waals surface area (Å²) in [5, 5.41) is 10.6. The summed E-state index contributed by atoms with van der Waals surface area (Å²) >= 11 is 1.53. The highest BCUT2D eigenvalue weighted by molar-refractivity contribution is 8.00. The Hall–Kier alpha value is -1.93. The molecule has 1 amide bonds. The first-order valence-corrected chi connectivity index (χ1v) is 9.37. The molecule has 2 atom stereocenters. The first-order chi connectivity index (χ1) is 12.6. The molecule has 1 aliphatic heterocycles. The van der Waals surface area contributed by atoms with E-state index >= 15 is 0 Å². The van der Waals surface area contributed by atoms with Gasteiger partial charge in [0.2, 0.25) is 0 Å². The fraction of sp³-hybridized carbons (Fsp3) is 0.316. The number of carbonyl (C=O) groups excluding carboxylic acids is 1. The van der Waals surface area contributed by atoms with Crippen molar-refractivity contribution in [2.75, 3.05) is 13.2 Å². The maximum absolute atomic E-state index is 13.7. The molecule has 5 nitrogen and oxygen atoms in total. The molecule has 0 saturated carbocycles. The summed E-state index contributed by atoms with van der Waals surface area (Å²) in [6, 6.07) is 16.0. The van der Waals surface area contributed by atoms with E-state index in [1.807, 2.05) is 36.4 Å². The van der Waals surface area contributed by atoms with Gasteiger partial charge >= 0.3 is 0 Å². The molecule has 1 saturated heterocycles. The van der Waals surface area contributed by atoms with Crippen molar-refractivity contribution in [2.45, 2.75) is 23.1 Å². The zero-order chi connectivity index (χ0) is 18.6. The van der Waals surface area contributed by atoms with Crippen LogP contribution in [-0.4, -0.2) is 29.2 Å². The van der Waals surface area contributed by atoms with E-state index < -0.39 is 17.4 Å². The number of nitrogens with two attached hydrogens (primary N) is 1. The number of hydrogen-bond donors (Lipinski definition) is 3. The molecule has 0 aliphatic carbocycles. The summed E-state index contributed by atoms with van der Waals surface area (Å²) in [7, 11) is 0. The standard InChI is InChI=1S/C19H22FN3O2S/c20-16-9-4-6-14(12-16)18-22-23(17(25)13-24)19(26-18,10-5-11-21)15-7-2-1-3-8-15/h1-4,6-9,12,18,22,24H,5,10-11,13,21H2. The topological polar surface area (TPSA) is 78.6 Å². The van der Waals surface area contributed by atoms with Gasteiger partial charge in [0.05, 0.1) is 5.37 Å². The Morgan fingerprint density at radius 1 is 1.27 bits per heavy atom. The van der Waals surface area contributed by atoms with Crippen molar-refractivity contribution >= 4 is 17.7 Å². The van der Waals surface area contributed by atoms with Crippen LogP contribution in [0.25, 0.3) is 0 Å². The Kier molecular flexibility index (Phi) is 5.93. The molecular formula is C19H22FN3O2S. The Labute approximate surface area is 156 Å². The van der Waals surface area contributed by atoms with Crippen LogP contribution in [0.1, 0.15) is 29.3 Å². The Bertz CT molecular complexity index is 761. The monoisotopic (exact) mass is 375 g/mol. The molecule has 26 heavy (non-hydrogen) atoms. The Morgan fingerprint density at radius 3 is 2.69 bits per heavy atom. The number of aliphatic hydroxyl groups excluding tert-OH is 1. The average Bonchev–Trinajstić information content (AvgIpc) is 3.07. The molecule has 0 aromatic heterocycles. The number of benzene rings is 2. The highest BCUT2D eigenvalue weighted by atomic mass is 32.2. The maximum atomic E-state index is 13.7. The normalized spacial score (nSPS) is 22.6. The van der Waals surface area contributed by atoms with Gasteiger partial charge in [-0.2, -0.15) is 0 Å². The van der Waals surface area contributed by atoms with E-state index in [1.54, 1.807) is 6.07 Å². The van der Waals surface area contributed by atoms with Crippen molar-refractivity contribution in [2.24, 2.45) is 5.73 Å². The van der Waals surface area contributed by atoms with Gasteiger partial charge in [0, 0.05) is 0 Å². The van der Waals surface area contributed by atoms with E-state index in [9.17, 15) is 14.3 Å². The van der Waals surface area contributed by atoms with E-state index in [0.29, 0.717) is 19.4 Å². The van der Waals surface area contributed by atoms with Crippen LogP contribution in [0.5, 0.6) is 0 Å².